The molecule has 0 bridgehead atoms. The number of fused-ring (bicyclic) bond motifs is 1. The van der Waals surface area contributed by atoms with Crippen molar-refractivity contribution in [1.29, 1.82) is 0 Å². The van der Waals surface area contributed by atoms with Crippen molar-refractivity contribution in [2.45, 2.75) is 58.5 Å². The van der Waals surface area contributed by atoms with Crippen LogP contribution in [0.5, 0.6) is 0 Å². The lowest BCUT2D eigenvalue weighted by atomic mass is 10.2. The second-order valence-corrected chi connectivity index (χ2v) is 6.99. The van der Waals surface area contributed by atoms with E-state index in [9.17, 15) is 9.59 Å². The largest absolute Gasteiger partial charge is 0.355 e. The highest BCUT2D eigenvalue weighted by atomic mass is 16.2. The number of aromatic nitrogens is 2. The molecule has 1 aromatic rings. The van der Waals surface area contributed by atoms with Crippen LogP contribution in [-0.4, -0.2) is 58.7 Å². The third kappa shape index (κ3) is 4.21. The minimum absolute atomic E-state index is 0.00653. The average Bonchev–Trinajstić information content (AvgIpc) is 3.21. The molecule has 0 spiro atoms. The van der Waals surface area contributed by atoms with Crippen LogP contribution in [0, 0.1) is 6.92 Å². The van der Waals surface area contributed by atoms with Crippen molar-refractivity contribution in [3.63, 3.8) is 0 Å². The van der Waals surface area contributed by atoms with Gasteiger partial charge in [0.25, 0.3) is 0 Å². The maximum Gasteiger partial charge on any atom is 0.228 e. The molecule has 3 heterocycles. The predicted octanol–water partition coefficient (Wildman–Crippen LogP) is 1.31. The van der Waals surface area contributed by atoms with E-state index in [1.54, 1.807) is 4.90 Å². The molecule has 7 nitrogen and oxygen atoms in total. The molecule has 3 rings (SSSR count). The van der Waals surface area contributed by atoms with Gasteiger partial charge in [-0.2, -0.15) is 5.10 Å². The highest BCUT2D eigenvalue weighted by Crippen LogP contribution is 2.22. The zero-order valence-corrected chi connectivity index (χ0v) is 15.3. The molecule has 0 aliphatic carbocycles. The molecule has 1 fully saturated rings. The molecule has 7 heteroatoms. The molecule has 2 aliphatic rings. The second kappa shape index (κ2) is 7.99. The van der Waals surface area contributed by atoms with Crippen LogP contribution >= 0.6 is 0 Å². The van der Waals surface area contributed by atoms with E-state index in [4.69, 9.17) is 0 Å². The molecule has 2 aliphatic heterocycles. The van der Waals surface area contributed by atoms with Gasteiger partial charge in [-0.1, -0.05) is 6.92 Å². The lowest BCUT2D eigenvalue weighted by Crippen LogP contribution is -2.41. The van der Waals surface area contributed by atoms with Crippen molar-refractivity contribution in [2.75, 3.05) is 31.1 Å². The highest BCUT2D eigenvalue weighted by Gasteiger charge is 2.25. The summed E-state index contributed by atoms with van der Waals surface area (Å²) in [5.74, 6) is 0.837. The van der Waals surface area contributed by atoms with Gasteiger partial charge in [0.1, 0.15) is 5.82 Å². The smallest absolute Gasteiger partial charge is 0.228 e. The van der Waals surface area contributed by atoms with Gasteiger partial charge in [0, 0.05) is 44.6 Å². The number of aryl methyl sites for hydroxylation is 2. The van der Waals surface area contributed by atoms with E-state index in [1.807, 2.05) is 17.7 Å². The summed E-state index contributed by atoms with van der Waals surface area (Å²) in [7, 11) is 0. The van der Waals surface area contributed by atoms with Gasteiger partial charge in [-0.3, -0.25) is 19.4 Å². The van der Waals surface area contributed by atoms with Gasteiger partial charge in [0.2, 0.25) is 11.8 Å². The van der Waals surface area contributed by atoms with Crippen LogP contribution in [-0.2, 0) is 16.1 Å². The topological polar surface area (TPSA) is 70.5 Å². The van der Waals surface area contributed by atoms with E-state index in [0.29, 0.717) is 19.1 Å². The Morgan fingerprint density at radius 2 is 2.08 bits per heavy atom. The molecule has 0 saturated carbocycles. The number of hydrogen-bond acceptors (Lipinski definition) is 4. The summed E-state index contributed by atoms with van der Waals surface area (Å²) >= 11 is 0. The number of likely N-dealkylation sites (tertiary alicyclic amines) is 1. The Hall–Kier alpha value is -1.89. The number of likely N-dealkylation sites (N-methyl/N-ethyl adjacent to an activating group) is 1. The Morgan fingerprint density at radius 3 is 2.88 bits per heavy atom. The molecule has 25 heavy (non-hydrogen) atoms. The monoisotopic (exact) mass is 347 g/mol. The van der Waals surface area contributed by atoms with Crippen molar-refractivity contribution >= 4 is 17.6 Å². The molecule has 1 unspecified atom stereocenters. The Morgan fingerprint density at radius 1 is 1.24 bits per heavy atom. The zero-order valence-electron chi connectivity index (χ0n) is 15.3. The Kier molecular flexibility index (Phi) is 5.73. The number of rotatable bonds is 6. The minimum Gasteiger partial charge on any atom is -0.355 e. The first-order chi connectivity index (χ1) is 12.1. The molecule has 2 amide bonds. The van der Waals surface area contributed by atoms with Crippen molar-refractivity contribution in [2.24, 2.45) is 0 Å². The van der Waals surface area contributed by atoms with Gasteiger partial charge in [0.05, 0.1) is 5.69 Å². The average molecular weight is 347 g/mol. The SMILES string of the molecule is CCN1CCCC1CNC(=O)CCC(=O)N1CCCn2nc(C)cc21. The number of amides is 2. The summed E-state index contributed by atoms with van der Waals surface area (Å²) in [4.78, 5) is 28.8. The van der Waals surface area contributed by atoms with Gasteiger partial charge < -0.3 is 5.32 Å². The second-order valence-electron chi connectivity index (χ2n) is 6.99. The summed E-state index contributed by atoms with van der Waals surface area (Å²) in [6.07, 6.45) is 3.75. The number of carbonyl (C=O) groups is 2. The molecule has 1 atom stereocenters. The van der Waals surface area contributed by atoms with Gasteiger partial charge in [-0.25, -0.2) is 4.68 Å². The summed E-state index contributed by atoms with van der Waals surface area (Å²) < 4.78 is 1.89. The highest BCUT2D eigenvalue weighted by molar-refractivity contribution is 5.95. The van der Waals surface area contributed by atoms with Crippen LogP contribution in [0.4, 0.5) is 5.82 Å². The maximum atomic E-state index is 12.5. The fraction of sp³-hybridized carbons (Fsp3) is 0.722. The summed E-state index contributed by atoms with van der Waals surface area (Å²) in [6, 6.07) is 2.39. The molecule has 1 aromatic heterocycles. The van der Waals surface area contributed by atoms with Crippen LogP contribution in [0.15, 0.2) is 6.07 Å². The van der Waals surface area contributed by atoms with Crippen molar-refractivity contribution in [1.82, 2.24) is 20.0 Å². The first-order valence-electron chi connectivity index (χ1n) is 9.44. The molecule has 1 saturated heterocycles. The van der Waals surface area contributed by atoms with E-state index in [-0.39, 0.29) is 24.7 Å². The Bertz CT molecular complexity index is 627. The zero-order chi connectivity index (χ0) is 17.8. The maximum absolute atomic E-state index is 12.5. The molecular weight excluding hydrogens is 318 g/mol. The van der Waals surface area contributed by atoms with Gasteiger partial charge in [-0.15, -0.1) is 0 Å². The van der Waals surface area contributed by atoms with Gasteiger partial charge in [0.15, 0.2) is 0 Å². The fourth-order valence-electron chi connectivity index (χ4n) is 3.88. The first-order valence-corrected chi connectivity index (χ1v) is 9.44. The number of hydrogen-bond donors (Lipinski definition) is 1. The minimum atomic E-state index is -0.0296. The van der Waals surface area contributed by atoms with E-state index >= 15 is 0 Å². The van der Waals surface area contributed by atoms with Crippen LogP contribution in [0.3, 0.4) is 0 Å². The summed E-state index contributed by atoms with van der Waals surface area (Å²) in [5, 5.41) is 7.41. The molecule has 138 valence electrons. The number of nitrogens with one attached hydrogen (secondary N) is 1. The van der Waals surface area contributed by atoms with Gasteiger partial charge in [-0.05, 0) is 39.3 Å². The van der Waals surface area contributed by atoms with E-state index in [1.165, 1.54) is 6.42 Å². The van der Waals surface area contributed by atoms with Crippen molar-refractivity contribution in [3.8, 4) is 0 Å². The fourth-order valence-corrected chi connectivity index (χ4v) is 3.88. The standard InChI is InChI=1S/C18H29N5O2/c1-3-21-9-4-6-15(21)13-19-16(24)7-8-18(25)22-10-5-11-23-17(22)12-14(2)20-23/h12,15H,3-11,13H2,1-2H3,(H,19,24). The van der Waals surface area contributed by atoms with E-state index < -0.39 is 0 Å². The molecular formula is C18H29N5O2. The van der Waals surface area contributed by atoms with Crippen LogP contribution in [0.1, 0.15) is 44.7 Å². The lowest BCUT2D eigenvalue weighted by Gasteiger charge is -2.27. The van der Waals surface area contributed by atoms with E-state index in [0.717, 1.165) is 44.0 Å². The summed E-state index contributed by atoms with van der Waals surface area (Å²) in [5.41, 5.74) is 0.921. The Balaban J connectivity index is 1.45. The number of nitrogens with zero attached hydrogens (tertiary/aromatic N) is 4. The molecule has 0 aromatic carbocycles. The lowest BCUT2D eigenvalue weighted by molar-refractivity contribution is -0.125. The summed E-state index contributed by atoms with van der Waals surface area (Å²) in [6.45, 7) is 8.49. The third-order valence-electron chi connectivity index (χ3n) is 5.22. The molecule has 1 N–H and O–H groups in total. The van der Waals surface area contributed by atoms with Gasteiger partial charge >= 0.3 is 0 Å². The van der Waals surface area contributed by atoms with Crippen molar-refractivity contribution in [3.05, 3.63) is 11.8 Å². The number of anilines is 1. The first kappa shape index (κ1) is 17.9. The van der Waals surface area contributed by atoms with Crippen LogP contribution in [0.2, 0.25) is 0 Å². The molecule has 0 radical (unpaired) electrons. The predicted molar refractivity (Wildman–Crippen MR) is 96.4 cm³/mol. The Labute approximate surface area is 149 Å². The third-order valence-corrected chi connectivity index (χ3v) is 5.22. The van der Waals surface area contributed by atoms with E-state index in [2.05, 4.69) is 22.2 Å². The normalized spacial score (nSPS) is 20.6. The van der Waals surface area contributed by atoms with Crippen LogP contribution < -0.4 is 10.2 Å². The quantitative estimate of drug-likeness (QED) is 0.842. The number of carbonyl (C=O) groups excluding carboxylic acids is 2. The van der Waals surface area contributed by atoms with Crippen molar-refractivity contribution < 1.29 is 9.59 Å². The van der Waals surface area contributed by atoms with Crippen LogP contribution in [0.25, 0.3) is 0 Å².